The van der Waals surface area contributed by atoms with E-state index in [1.807, 2.05) is 0 Å². The van der Waals surface area contributed by atoms with Crippen LogP contribution in [0.2, 0.25) is 0 Å². The third-order valence-corrected chi connectivity index (χ3v) is 4.65. The van der Waals surface area contributed by atoms with E-state index in [2.05, 4.69) is 30.1 Å². The summed E-state index contributed by atoms with van der Waals surface area (Å²) in [7, 11) is 0. The number of nitrogens with zero attached hydrogens (tertiary/aromatic N) is 2. The molecular weight excluding hydrogens is 292 g/mol. The minimum absolute atomic E-state index is 0.255. The van der Waals surface area contributed by atoms with Crippen molar-refractivity contribution >= 4 is 11.8 Å². The topological polar surface area (TPSA) is 99.2 Å². The van der Waals surface area contributed by atoms with Gasteiger partial charge in [-0.2, -0.15) is 5.26 Å². The van der Waals surface area contributed by atoms with Gasteiger partial charge in [0.1, 0.15) is 5.54 Å². The zero-order valence-corrected chi connectivity index (χ0v) is 14.7. The third kappa shape index (κ3) is 5.21. The highest BCUT2D eigenvalue weighted by Crippen LogP contribution is 2.27. The summed E-state index contributed by atoms with van der Waals surface area (Å²) >= 11 is 0. The van der Waals surface area contributed by atoms with E-state index in [0.29, 0.717) is 12.8 Å². The fourth-order valence-corrected chi connectivity index (χ4v) is 2.89. The normalized spacial score (nSPS) is 25.6. The fraction of sp³-hybridized carbons (Fsp3) is 0.765. The molecule has 1 aliphatic rings. The lowest BCUT2D eigenvalue weighted by Gasteiger charge is -2.42. The van der Waals surface area contributed by atoms with Gasteiger partial charge in [-0.15, -0.1) is 0 Å². The zero-order valence-electron chi connectivity index (χ0n) is 14.7. The van der Waals surface area contributed by atoms with Gasteiger partial charge in [-0.05, 0) is 39.2 Å². The van der Waals surface area contributed by atoms with E-state index in [-0.39, 0.29) is 18.4 Å². The monoisotopic (exact) mass is 321 g/mol. The molecule has 0 bridgehead atoms. The van der Waals surface area contributed by atoms with E-state index >= 15 is 0 Å². The van der Waals surface area contributed by atoms with Crippen molar-refractivity contribution in [1.29, 1.82) is 5.26 Å². The lowest BCUT2D eigenvalue weighted by atomic mass is 9.83. The number of nitrogens with one attached hydrogen (secondary N) is 1. The molecule has 0 aromatic carbocycles. The van der Waals surface area contributed by atoms with Crippen molar-refractivity contribution in [1.82, 2.24) is 10.2 Å². The standard InChI is InChI=1S/C17H29N4O2/c1-5-9-21-10-8-17(12-18,11-13(21)2)20-14(22)6-7-16(3,4)15(19)23/h6,13H,5,7-11H2,1-4H3,(H2,19,23)(H,20,22). The van der Waals surface area contributed by atoms with E-state index in [9.17, 15) is 14.9 Å². The lowest BCUT2D eigenvalue weighted by Crippen LogP contribution is -2.57. The van der Waals surface area contributed by atoms with Crippen LogP contribution in [-0.2, 0) is 9.59 Å². The van der Waals surface area contributed by atoms with Crippen LogP contribution in [0, 0.1) is 23.2 Å². The summed E-state index contributed by atoms with van der Waals surface area (Å²) in [5, 5.41) is 12.4. The molecule has 1 rings (SSSR count). The molecule has 2 atom stereocenters. The molecular formula is C17H29N4O2. The molecule has 0 spiro atoms. The highest BCUT2D eigenvalue weighted by molar-refractivity contribution is 5.87. The highest BCUT2D eigenvalue weighted by atomic mass is 16.2. The van der Waals surface area contributed by atoms with Crippen molar-refractivity contribution in [3.05, 3.63) is 6.42 Å². The van der Waals surface area contributed by atoms with Gasteiger partial charge in [-0.3, -0.25) is 9.59 Å². The summed E-state index contributed by atoms with van der Waals surface area (Å²) in [6, 6.07) is 2.55. The second-order valence-electron chi connectivity index (χ2n) is 7.18. The van der Waals surface area contributed by atoms with Gasteiger partial charge in [0.05, 0.1) is 12.5 Å². The van der Waals surface area contributed by atoms with Crippen LogP contribution >= 0.6 is 0 Å². The smallest absolute Gasteiger partial charge is 0.225 e. The molecule has 0 aromatic rings. The molecule has 0 saturated carbocycles. The van der Waals surface area contributed by atoms with Gasteiger partial charge in [-0.1, -0.05) is 20.8 Å². The molecule has 2 amide bonds. The Labute approximate surface area is 139 Å². The highest BCUT2D eigenvalue weighted by Gasteiger charge is 2.39. The van der Waals surface area contributed by atoms with Gasteiger partial charge in [0.2, 0.25) is 11.8 Å². The largest absolute Gasteiger partial charge is 0.369 e. The fourth-order valence-electron chi connectivity index (χ4n) is 2.89. The van der Waals surface area contributed by atoms with Crippen molar-refractivity contribution in [2.75, 3.05) is 13.1 Å². The Morgan fingerprint density at radius 3 is 2.65 bits per heavy atom. The number of nitrogens with two attached hydrogens (primary N) is 1. The van der Waals surface area contributed by atoms with Crippen LogP contribution < -0.4 is 11.1 Å². The molecule has 129 valence electrons. The number of piperidine rings is 1. The summed E-state index contributed by atoms with van der Waals surface area (Å²) in [5.74, 6) is -0.755. The average Bonchev–Trinajstić information content (AvgIpc) is 2.48. The van der Waals surface area contributed by atoms with E-state index in [1.54, 1.807) is 13.8 Å². The minimum atomic E-state index is -0.825. The molecule has 6 heteroatoms. The number of primary amides is 1. The van der Waals surface area contributed by atoms with Crippen molar-refractivity contribution in [3.63, 3.8) is 0 Å². The SMILES string of the molecule is CCCN1CCC(C#N)(NC(=O)[CH]CC(C)(C)C(N)=O)CC1C. The van der Waals surface area contributed by atoms with Crippen LogP contribution in [-0.4, -0.2) is 41.4 Å². The summed E-state index contributed by atoms with van der Waals surface area (Å²) < 4.78 is 0. The molecule has 1 radical (unpaired) electrons. The van der Waals surface area contributed by atoms with E-state index in [1.165, 1.54) is 6.42 Å². The van der Waals surface area contributed by atoms with Gasteiger partial charge in [0, 0.05) is 18.0 Å². The summed E-state index contributed by atoms with van der Waals surface area (Å²) in [6.07, 6.45) is 3.99. The predicted molar refractivity (Wildman–Crippen MR) is 88.9 cm³/mol. The van der Waals surface area contributed by atoms with Crippen molar-refractivity contribution in [2.24, 2.45) is 11.1 Å². The first kappa shape index (κ1) is 19.4. The van der Waals surface area contributed by atoms with E-state index < -0.39 is 16.9 Å². The van der Waals surface area contributed by atoms with Crippen molar-refractivity contribution < 1.29 is 9.59 Å². The summed E-state index contributed by atoms with van der Waals surface area (Å²) in [5.41, 5.74) is 3.71. The molecule has 23 heavy (non-hydrogen) atoms. The second-order valence-corrected chi connectivity index (χ2v) is 7.18. The Kier molecular flexibility index (Phi) is 6.57. The van der Waals surface area contributed by atoms with Gasteiger partial charge < -0.3 is 16.0 Å². The molecule has 3 N–H and O–H groups in total. The van der Waals surface area contributed by atoms with E-state index in [0.717, 1.165) is 19.5 Å². The quantitative estimate of drug-likeness (QED) is 0.739. The summed E-state index contributed by atoms with van der Waals surface area (Å²) in [4.78, 5) is 25.8. The van der Waals surface area contributed by atoms with Crippen molar-refractivity contribution in [3.8, 4) is 6.07 Å². The Hall–Kier alpha value is -1.61. The molecule has 6 nitrogen and oxygen atoms in total. The number of carbonyl (C=O) groups excluding carboxylic acids is 2. The van der Waals surface area contributed by atoms with Crippen LogP contribution in [0.25, 0.3) is 0 Å². The Balaban J connectivity index is 2.61. The van der Waals surface area contributed by atoms with Crippen LogP contribution in [0.5, 0.6) is 0 Å². The maximum absolute atomic E-state index is 12.2. The van der Waals surface area contributed by atoms with Crippen LogP contribution in [0.4, 0.5) is 0 Å². The first-order chi connectivity index (χ1) is 10.7. The second kappa shape index (κ2) is 7.78. The number of carbonyl (C=O) groups is 2. The first-order valence-corrected chi connectivity index (χ1v) is 8.26. The van der Waals surface area contributed by atoms with Gasteiger partial charge >= 0.3 is 0 Å². The Morgan fingerprint density at radius 1 is 1.52 bits per heavy atom. The number of nitriles is 1. The third-order valence-electron chi connectivity index (χ3n) is 4.65. The molecule has 1 fully saturated rings. The molecule has 0 aliphatic carbocycles. The predicted octanol–water partition coefficient (Wildman–Crippen LogP) is 1.37. The number of amides is 2. The minimum Gasteiger partial charge on any atom is -0.369 e. The van der Waals surface area contributed by atoms with Crippen molar-refractivity contribution in [2.45, 2.75) is 65.0 Å². The molecule has 1 aliphatic heterocycles. The molecule has 0 aromatic heterocycles. The molecule has 1 saturated heterocycles. The average molecular weight is 321 g/mol. The lowest BCUT2D eigenvalue weighted by molar-refractivity contribution is -0.126. The maximum atomic E-state index is 12.2. The molecule has 1 heterocycles. The number of hydrogen-bond acceptors (Lipinski definition) is 4. The number of likely N-dealkylation sites (tertiary alicyclic amines) is 1. The summed E-state index contributed by atoms with van der Waals surface area (Å²) in [6.45, 7) is 9.43. The van der Waals surface area contributed by atoms with E-state index in [4.69, 9.17) is 5.73 Å². The first-order valence-electron chi connectivity index (χ1n) is 8.26. The van der Waals surface area contributed by atoms with Gasteiger partial charge in [-0.25, -0.2) is 0 Å². The molecule has 2 unspecified atom stereocenters. The van der Waals surface area contributed by atoms with Crippen LogP contribution in [0.1, 0.15) is 53.4 Å². The Bertz CT molecular complexity index is 483. The van der Waals surface area contributed by atoms with Crippen LogP contribution in [0.3, 0.4) is 0 Å². The van der Waals surface area contributed by atoms with Crippen LogP contribution in [0.15, 0.2) is 0 Å². The number of hydrogen-bond donors (Lipinski definition) is 2. The number of rotatable bonds is 7. The Morgan fingerprint density at radius 2 is 2.17 bits per heavy atom. The zero-order chi connectivity index (χ0) is 17.7. The maximum Gasteiger partial charge on any atom is 0.225 e. The van der Waals surface area contributed by atoms with Gasteiger partial charge in [0.25, 0.3) is 0 Å². The van der Waals surface area contributed by atoms with Gasteiger partial charge in [0.15, 0.2) is 0 Å².